The Morgan fingerprint density at radius 3 is 2.14 bits per heavy atom. The first-order valence-electron chi connectivity index (χ1n) is 6.84. The number of carbonyl (C=O) groups excluding carboxylic acids is 2. The summed E-state index contributed by atoms with van der Waals surface area (Å²) in [6.07, 6.45) is 0. The average molecular weight is 282 g/mol. The van der Waals surface area contributed by atoms with Gasteiger partial charge < -0.3 is 10.6 Å². The molecule has 2 amide bonds. The number of nitrogens with one attached hydrogen (secondary N) is 2. The fourth-order valence-corrected chi connectivity index (χ4v) is 1.97. The highest BCUT2D eigenvalue weighted by Gasteiger charge is 2.11. The minimum absolute atomic E-state index is 0.0368. The third kappa shape index (κ3) is 4.45. The molecule has 0 bridgehead atoms. The first kappa shape index (κ1) is 14.8. The normalized spacial score (nSPS) is 11.5. The first-order chi connectivity index (χ1) is 10.2. The lowest BCUT2D eigenvalue weighted by Crippen LogP contribution is -2.38. The fourth-order valence-electron chi connectivity index (χ4n) is 1.97. The number of benzene rings is 2. The van der Waals surface area contributed by atoms with Crippen molar-refractivity contribution in [2.75, 3.05) is 6.54 Å². The van der Waals surface area contributed by atoms with E-state index in [0.29, 0.717) is 5.56 Å². The maximum Gasteiger partial charge on any atom is 0.251 e. The first-order valence-corrected chi connectivity index (χ1v) is 6.84. The molecule has 0 radical (unpaired) electrons. The van der Waals surface area contributed by atoms with E-state index < -0.39 is 0 Å². The summed E-state index contributed by atoms with van der Waals surface area (Å²) in [7, 11) is 0. The Kier molecular flexibility index (Phi) is 5.10. The predicted molar refractivity (Wildman–Crippen MR) is 81.8 cm³/mol. The zero-order valence-corrected chi connectivity index (χ0v) is 11.9. The molecule has 4 nitrogen and oxygen atoms in total. The molecule has 2 aromatic rings. The van der Waals surface area contributed by atoms with E-state index in [-0.39, 0.29) is 24.4 Å². The van der Waals surface area contributed by atoms with Gasteiger partial charge in [0, 0.05) is 5.56 Å². The molecule has 0 spiro atoms. The molecule has 0 aromatic heterocycles. The van der Waals surface area contributed by atoms with Crippen LogP contribution >= 0.6 is 0 Å². The van der Waals surface area contributed by atoms with Gasteiger partial charge in [0.25, 0.3) is 5.91 Å². The van der Waals surface area contributed by atoms with Gasteiger partial charge in [-0.3, -0.25) is 9.59 Å². The Bertz CT molecular complexity index is 597. The quantitative estimate of drug-likeness (QED) is 0.884. The Morgan fingerprint density at radius 2 is 1.52 bits per heavy atom. The molecule has 0 aliphatic carbocycles. The standard InChI is InChI=1S/C17H18N2O2/c1-13(14-8-4-2-5-9-14)19-16(20)12-18-17(21)15-10-6-3-7-11-15/h2-11,13H,12H2,1H3,(H,18,21)(H,19,20)/t13-/m1/s1. The van der Waals surface area contributed by atoms with Crippen LogP contribution in [0.5, 0.6) is 0 Å². The van der Waals surface area contributed by atoms with Crippen LogP contribution in [-0.4, -0.2) is 18.4 Å². The Labute approximate surface area is 124 Å². The second-order valence-electron chi connectivity index (χ2n) is 4.75. The van der Waals surface area contributed by atoms with Gasteiger partial charge in [0.2, 0.25) is 5.91 Å². The highest BCUT2D eigenvalue weighted by molar-refractivity contribution is 5.96. The van der Waals surface area contributed by atoms with Crippen molar-refractivity contribution in [1.82, 2.24) is 10.6 Å². The number of carbonyl (C=O) groups is 2. The lowest BCUT2D eigenvalue weighted by atomic mass is 10.1. The third-order valence-corrected chi connectivity index (χ3v) is 3.12. The highest BCUT2D eigenvalue weighted by Crippen LogP contribution is 2.10. The summed E-state index contributed by atoms with van der Waals surface area (Å²) in [6, 6.07) is 18.4. The maximum absolute atomic E-state index is 11.8. The molecule has 2 N–H and O–H groups in total. The summed E-state index contributed by atoms with van der Waals surface area (Å²) < 4.78 is 0. The molecule has 0 heterocycles. The summed E-state index contributed by atoms with van der Waals surface area (Å²) in [4.78, 5) is 23.7. The van der Waals surface area contributed by atoms with Crippen molar-refractivity contribution >= 4 is 11.8 Å². The van der Waals surface area contributed by atoms with Crippen molar-refractivity contribution in [3.8, 4) is 0 Å². The Hall–Kier alpha value is -2.62. The second kappa shape index (κ2) is 7.24. The zero-order chi connectivity index (χ0) is 15.1. The van der Waals surface area contributed by atoms with Crippen LogP contribution in [0.15, 0.2) is 60.7 Å². The Morgan fingerprint density at radius 1 is 0.952 bits per heavy atom. The van der Waals surface area contributed by atoms with Crippen molar-refractivity contribution in [2.45, 2.75) is 13.0 Å². The molecule has 1 atom stereocenters. The summed E-state index contributed by atoms with van der Waals surface area (Å²) in [6.45, 7) is 1.87. The molecule has 2 aromatic carbocycles. The topological polar surface area (TPSA) is 58.2 Å². The van der Waals surface area contributed by atoms with Gasteiger partial charge in [-0.15, -0.1) is 0 Å². The fraction of sp³-hybridized carbons (Fsp3) is 0.176. The van der Waals surface area contributed by atoms with Gasteiger partial charge in [-0.05, 0) is 24.6 Å². The lowest BCUT2D eigenvalue weighted by Gasteiger charge is -2.14. The van der Waals surface area contributed by atoms with Crippen molar-refractivity contribution < 1.29 is 9.59 Å². The lowest BCUT2D eigenvalue weighted by molar-refractivity contribution is -0.120. The van der Waals surface area contributed by atoms with Gasteiger partial charge in [-0.1, -0.05) is 48.5 Å². The van der Waals surface area contributed by atoms with E-state index in [2.05, 4.69) is 10.6 Å². The van der Waals surface area contributed by atoms with Gasteiger partial charge in [0.1, 0.15) is 0 Å². The Balaban J connectivity index is 1.81. The molecule has 0 aliphatic heterocycles. The van der Waals surface area contributed by atoms with E-state index >= 15 is 0 Å². The molecule has 108 valence electrons. The van der Waals surface area contributed by atoms with Crippen LogP contribution in [0.25, 0.3) is 0 Å². The molecule has 0 fully saturated rings. The number of amides is 2. The summed E-state index contributed by atoms with van der Waals surface area (Å²) >= 11 is 0. The third-order valence-electron chi connectivity index (χ3n) is 3.12. The monoisotopic (exact) mass is 282 g/mol. The second-order valence-corrected chi connectivity index (χ2v) is 4.75. The maximum atomic E-state index is 11.8. The molecule has 4 heteroatoms. The van der Waals surface area contributed by atoms with Crippen molar-refractivity contribution in [3.05, 3.63) is 71.8 Å². The number of hydrogen-bond acceptors (Lipinski definition) is 2. The van der Waals surface area contributed by atoms with E-state index in [4.69, 9.17) is 0 Å². The van der Waals surface area contributed by atoms with Crippen molar-refractivity contribution in [1.29, 1.82) is 0 Å². The molecule has 2 rings (SSSR count). The largest absolute Gasteiger partial charge is 0.348 e. The zero-order valence-electron chi connectivity index (χ0n) is 11.9. The van der Waals surface area contributed by atoms with Crippen LogP contribution in [0.1, 0.15) is 28.9 Å². The van der Waals surface area contributed by atoms with Crippen LogP contribution in [0, 0.1) is 0 Å². The molecule has 21 heavy (non-hydrogen) atoms. The number of hydrogen-bond donors (Lipinski definition) is 2. The van der Waals surface area contributed by atoms with Crippen LogP contribution in [0.4, 0.5) is 0 Å². The van der Waals surface area contributed by atoms with Gasteiger partial charge in [-0.25, -0.2) is 0 Å². The van der Waals surface area contributed by atoms with Crippen molar-refractivity contribution in [3.63, 3.8) is 0 Å². The van der Waals surface area contributed by atoms with Crippen LogP contribution in [0.3, 0.4) is 0 Å². The molecule has 0 unspecified atom stereocenters. The molecule has 0 saturated heterocycles. The van der Waals surface area contributed by atoms with Gasteiger partial charge >= 0.3 is 0 Å². The smallest absolute Gasteiger partial charge is 0.251 e. The molecular formula is C17H18N2O2. The summed E-state index contributed by atoms with van der Waals surface area (Å²) in [5, 5.41) is 5.45. The van der Waals surface area contributed by atoms with E-state index in [1.54, 1.807) is 24.3 Å². The predicted octanol–water partition coefficient (Wildman–Crippen LogP) is 2.29. The van der Waals surface area contributed by atoms with E-state index in [0.717, 1.165) is 5.56 Å². The molecule has 0 aliphatic rings. The minimum Gasteiger partial charge on any atom is -0.348 e. The van der Waals surface area contributed by atoms with Crippen molar-refractivity contribution in [2.24, 2.45) is 0 Å². The van der Waals surface area contributed by atoms with E-state index in [1.807, 2.05) is 43.3 Å². The van der Waals surface area contributed by atoms with Gasteiger partial charge in [0.15, 0.2) is 0 Å². The SMILES string of the molecule is C[C@@H](NC(=O)CNC(=O)c1ccccc1)c1ccccc1. The summed E-state index contributed by atoms with van der Waals surface area (Å²) in [5.41, 5.74) is 1.57. The van der Waals surface area contributed by atoms with Crippen LogP contribution < -0.4 is 10.6 Å². The molecule has 0 saturated carbocycles. The highest BCUT2D eigenvalue weighted by atomic mass is 16.2. The average Bonchev–Trinajstić information content (AvgIpc) is 2.54. The number of rotatable bonds is 5. The van der Waals surface area contributed by atoms with Crippen LogP contribution in [-0.2, 0) is 4.79 Å². The van der Waals surface area contributed by atoms with E-state index in [1.165, 1.54) is 0 Å². The van der Waals surface area contributed by atoms with Crippen LogP contribution in [0.2, 0.25) is 0 Å². The van der Waals surface area contributed by atoms with E-state index in [9.17, 15) is 9.59 Å². The van der Waals surface area contributed by atoms with Gasteiger partial charge in [-0.2, -0.15) is 0 Å². The molecular weight excluding hydrogens is 264 g/mol. The summed E-state index contributed by atoms with van der Waals surface area (Å²) in [5.74, 6) is -0.464. The van der Waals surface area contributed by atoms with Gasteiger partial charge in [0.05, 0.1) is 12.6 Å². The minimum atomic E-state index is -0.252.